The Morgan fingerprint density at radius 3 is 2.58 bits per heavy atom. The van der Waals surface area contributed by atoms with Gasteiger partial charge >= 0.3 is 11.7 Å². The fourth-order valence-electron chi connectivity index (χ4n) is 4.76. The number of pyridine rings is 1. The molecule has 1 N–H and O–H groups in total. The lowest BCUT2D eigenvalue weighted by molar-refractivity contribution is 0.0686. The van der Waals surface area contributed by atoms with Gasteiger partial charge in [0.15, 0.2) is 15.5 Å². The van der Waals surface area contributed by atoms with E-state index in [9.17, 15) is 23.1 Å². The highest BCUT2D eigenvalue weighted by molar-refractivity contribution is 7.91. The molecule has 1 saturated heterocycles. The Kier molecular flexibility index (Phi) is 6.00. The summed E-state index contributed by atoms with van der Waals surface area (Å²) in [5.74, 6) is -0.381. The molecule has 5 rings (SSSR count). The van der Waals surface area contributed by atoms with Crippen LogP contribution in [0.15, 0.2) is 58.5 Å². The molecule has 4 aromatic rings. The molecule has 12 heteroatoms. The SMILES string of the molecule is CCS(=O)(=O)c1ccc(-n2c(=O)n([C@H]3CCN(Cc4ncc(C(=O)O)n4C)C3)c3ncccc32)cc1. The molecule has 0 saturated carbocycles. The molecule has 0 amide bonds. The Morgan fingerprint density at radius 2 is 1.92 bits per heavy atom. The van der Waals surface area contributed by atoms with E-state index in [4.69, 9.17) is 0 Å². The predicted octanol–water partition coefficient (Wildman–Crippen LogP) is 1.86. The summed E-state index contributed by atoms with van der Waals surface area (Å²) >= 11 is 0. The van der Waals surface area contributed by atoms with Crippen LogP contribution in [0.1, 0.15) is 35.7 Å². The Balaban J connectivity index is 1.47. The van der Waals surface area contributed by atoms with Crippen molar-refractivity contribution in [3.05, 3.63) is 70.8 Å². The predicted molar refractivity (Wildman–Crippen MR) is 132 cm³/mol. The van der Waals surface area contributed by atoms with Crippen molar-refractivity contribution in [2.75, 3.05) is 18.8 Å². The molecule has 0 aliphatic carbocycles. The summed E-state index contributed by atoms with van der Waals surface area (Å²) in [5.41, 5.74) is 1.65. The van der Waals surface area contributed by atoms with E-state index in [2.05, 4.69) is 14.9 Å². The molecule has 1 aliphatic heterocycles. The summed E-state index contributed by atoms with van der Waals surface area (Å²) in [7, 11) is -1.67. The number of rotatable bonds is 7. The molecule has 1 atom stereocenters. The number of aromatic nitrogens is 5. The van der Waals surface area contributed by atoms with E-state index in [1.54, 1.807) is 52.1 Å². The summed E-state index contributed by atoms with van der Waals surface area (Å²) in [5, 5.41) is 9.27. The molecule has 1 aromatic carbocycles. The van der Waals surface area contributed by atoms with Crippen molar-refractivity contribution in [2.24, 2.45) is 7.05 Å². The topological polar surface area (TPSA) is 132 Å². The van der Waals surface area contributed by atoms with E-state index < -0.39 is 15.8 Å². The quantitative estimate of drug-likeness (QED) is 0.398. The van der Waals surface area contributed by atoms with Gasteiger partial charge in [-0.2, -0.15) is 0 Å². The number of likely N-dealkylation sites (tertiary alicyclic amines) is 1. The lowest BCUT2D eigenvalue weighted by atomic mass is 10.2. The minimum Gasteiger partial charge on any atom is -0.477 e. The number of carbonyl (C=O) groups is 1. The third-order valence-corrected chi connectivity index (χ3v) is 8.50. The van der Waals surface area contributed by atoms with E-state index in [0.29, 0.717) is 35.8 Å². The van der Waals surface area contributed by atoms with Crippen LogP contribution in [-0.2, 0) is 23.4 Å². The van der Waals surface area contributed by atoms with Gasteiger partial charge in [0.1, 0.15) is 11.5 Å². The zero-order chi connectivity index (χ0) is 25.6. The Labute approximate surface area is 207 Å². The van der Waals surface area contributed by atoms with Gasteiger partial charge in [0.05, 0.1) is 40.6 Å². The number of nitrogens with zero attached hydrogens (tertiary/aromatic N) is 6. The fourth-order valence-corrected chi connectivity index (χ4v) is 5.64. The molecule has 188 valence electrons. The normalized spacial score (nSPS) is 16.7. The van der Waals surface area contributed by atoms with Gasteiger partial charge in [-0.15, -0.1) is 0 Å². The number of benzene rings is 1. The molecule has 3 aromatic heterocycles. The lowest BCUT2D eigenvalue weighted by Gasteiger charge is -2.16. The highest BCUT2D eigenvalue weighted by Crippen LogP contribution is 2.27. The maximum atomic E-state index is 13.7. The first-order chi connectivity index (χ1) is 17.2. The van der Waals surface area contributed by atoms with Gasteiger partial charge in [-0.1, -0.05) is 6.92 Å². The summed E-state index contributed by atoms with van der Waals surface area (Å²) in [4.78, 5) is 36.1. The standard InChI is InChI=1S/C24H26N6O5S/c1-3-36(34,35)18-8-6-16(7-9-18)29-19-5-4-11-25-22(19)30(24(29)33)17-10-12-28(14-17)15-21-26-13-20(23(31)32)27(21)2/h4-9,11,13,17H,3,10,12,14-15H2,1-2H3,(H,31,32)/t17-/m0/s1. The third-order valence-electron chi connectivity index (χ3n) is 6.75. The van der Waals surface area contributed by atoms with E-state index in [0.717, 1.165) is 13.0 Å². The van der Waals surface area contributed by atoms with Crippen molar-refractivity contribution >= 4 is 27.0 Å². The van der Waals surface area contributed by atoms with E-state index in [-0.39, 0.29) is 28.1 Å². The maximum Gasteiger partial charge on any atom is 0.354 e. The zero-order valence-electron chi connectivity index (χ0n) is 19.9. The number of aromatic carboxylic acids is 1. The molecule has 1 aliphatic rings. The number of carboxylic acids is 1. The molecule has 1 fully saturated rings. The minimum absolute atomic E-state index is 0.00357. The number of fused-ring (bicyclic) bond motifs is 1. The van der Waals surface area contributed by atoms with Crippen molar-refractivity contribution in [1.29, 1.82) is 0 Å². The summed E-state index contributed by atoms with van der Waals surface area (Å²) in [6.07, 6.45) is 3.72. The van der Waals surface area contributed by atoms with Gasteiger partial charge in [0.2, 0.25) is 0 Å². The van der Waals surface area contributed by atoms with Crippen molar-refractivity contribution in [2.45, 2.75) is 30.8 Å². The first kappa shape index (κ1) is 23.9. The molecular formula is C24H26N6O5S. The van der Waals surface area contributed by atoms with Crippen LogP contribution in [0, 0.1) is 0 Å². The number of sulfone groups is 1. The van der Waals surface area contributed by atoms with Gasteiger partial charge < -0.3 is 9.67 Å². The van der Waals surface area contributed by atoms with E-state index in [1.807, 2.05) is 6.07 Å². The fraction of sp³-hybridized carbons (Fsp3) is 0.333. The van der Waals surface area contributed by atoms with Crippen LogP contribution in [0.2, 0.25) is 0 Å². The van der Waals surface area contributed by atoms with Gasteiger partial charge in [0.25, 0.3) is 0 Å². The van der Waals surface area contributed by atoms with Crippen molar-refractivity contribution in [1.82, 2.24) is 28.6 Å². The van der Waals surface area contributed by atoms with Crippen LogP contribution < -0.4 is 5.69 Å². The second kappa shape index (κ2) is 9.03. The number of hydrogen-bond acceptors (Lipinski definition) is 7. The summed E-state index contributed by atoms with van der Waals surface area (Å²) < 4.78 is 29.2. The molecule has 0 spiro atoms. The van der Waals surface area contributed by atoms with Crippen LogP contribution in [0.3, 0.4) is 0 Å². The van der Waals surface area contributed by atoms with E-state index >= 15 is 0 Å². The number of hydrogen-bond donors (Lipinski definition) is 1. The van der Waals surface area contributed by atoms with Gasteiger partial charge in [0, 0.05) is 26.3 Å². The lowest BCUT2D eigenvalue weighted by Crippen LogP contribution is -2.29. The minimum atomic E-state index is -3.35. The second-order valence-electron chi connectivity index (χ2n) is 8.83. The van der Waals surface area contributed by atoms with Crippen LogP contribution in [0.4, 0.5) is 0 Å². The van der Waals surface area contributed by atoms with Crippen LogP contribution in [0.25, 0.3) is 16.9 Å². The number of imidazole rings is 2. The highest BCUT2D eigenvalue weighted by atomic mass is 32.2. The Bertz CT molecular complexity index is 1620. The summed E-state index contributed by atoms with van der Waals surface area (Å²) in [6, 6.07) is 9.79. The average Bonchev–Trinajstić information content (AvgIpc) is 3.55. The van der Waals surface area contributed by atoms with Crippen LogP contribution >= 0.6 is 0 Å². The Morgan fingerprint density at radius 1 is 1.17 bits per heavy atom. The summed E-state index contributed by atoms with van der Waals surface area (Å²) in [6.45, 7) is 3.36. The molecule has 0 bridgehead atoms. The largest absolute Gasteiger partial charge is 0.477 e. The van der Waals surface area contributed by atoms with Gasteiger partial charge in [-0.25, -0.2) is 28.0 Å². The second-order valence-corrected chi connectivity index (χ2v) is 11.1. The molecule has 0 unspecified atom stereocenters. The third kappa shape index (κ3) is 4.01. The van der Waals surface area contributed by atoms with Gasteiger partial charge in [-0.3, -0.25) is 14.0 Å². The highest BCUT2D eigenvalue weighted by Gasteiger charge is 2.30. The van der Waals surface area contributed by atoms with Crippen LogP contribution in [-0.4, -0.2) is 66.9 Å². The van der Waals surface area contributed by atoms with Crippen molar-refractivity contribution < 1.29 is 18.3 Å². The monoisotopic (exact) mass is 510 g/mol. The average molecular weight is 511 g/mol. The van der Waals surface area contributed by atoms with E-state index in [1.165, 1.54) is 18.3 Å². The molecule has 36 heavy (non-hydrogen) atoms. The maximum absolute atomic E-state index is 13.7. The molecule has 11 nitrogen and oxygen atoms in total. The zero-order valence-corrected chi connectivity index (χ0v) is 20.7. The first-order valence-electron chi connectivity index (χ1n) is 11.6. The smallest absolute Gasteiger partial charge is 0.354 e. The Hall–Kier alpha value is -3.77. The van der Waals surface area contributed by atoms with Crippen LogP contribution in [0.5, 0.6) is 0 Å². The van der Waals surface area contributed by atoms with Crippen molar-refractivity contribution in [3.8, 4) is 5.69 Å². The molecule has 0 radical (unpaired) electrons. The van der Waals surface area contributed by atoms with Crippen molar-refractivity contribution in [3.63, 3.8) is 0 Å². The number of carboxylic acid groups (broad SMARTS) is 1. The van der Waals surface area contributed by atoms with Gasteiger partial charge in [-0.05, 0) is 42.8 Å². The first-order valence-corrected chi connectivity index (χ1v) is 13.2. The molecular weight excluding hydrogens is 484 g/mol. The molecule has 4 heterocycles.